The molecule has 1 atom stereocenters. The zero-order valence-electron chi connectivity index (χ0n) is 16.8. The lowest BCUT2D eigenvalue weighted by molar-refractivity contribution is -0.121. The third kappa shape index (κ3) is 5.72. The normalized spacial score (nSPS) is 16.3. The van der Waals surface area contributed by atoms with E-state index in [-0.39, 0.29) is 11.9 Å². The molecule has 0 aliphatic carbocycles. The fraction of sp³-hybridized carbons (Fsp3) is 0.333. The molecule has 3 heterocycles. The van der Waals surface area contributed by atoms with Crippen molar-refractivity contribution < 1.29 is 4.79 Å². The number of aromatic nitrogens is 4. The molecule has 1 aliphatic rings. The van der Waals surface area contributed by atoms with Crippen molar-refractivity contribution in [3.63, 3.8) is 0 Å². The van der Waals surface area contributed by atoms with Crippen molar-refractivity contribution in [2.24, 2.45) is 0 Å². The van der Waals surface area contributed by atoms with Gasteiger partial charge in [-0.15, -0.1) is 0 Å². The van der Waals surface area contributed by atoms with E-state index < -0.39 is 0 Å². The molecule has 1 amide bonds. The summed E-state index contributed by atoms with van der Waals surface area (Å²) < 4.78 is 1.70. The number of hydrogen-bond donors (Lipinski definition) is 2. The van der Waals surface area contributed by atoms with Crippen LogP contribution < -0.4 is 15.5 Å². The number of nitrogens with zero attached hydrogens (tertiary/aromatic N) is 5. The van der Waals surface area contributed by atoms with Gasteiger partial charge < -0.3 is 15.5 Å². The summed E-state index contributed by atoms with van der Waals surface area (Å²) >= 11 is 12.2. The van der Waals surface area contributed by atoms with E-state index in [0.29, 0.717) is 41.5 Å². The minimum Gasteiger partial charge on any atom is -0.356 e. The van der Waals surface area contributed by atoms with Crippen LogP contribution in [0.25, 0.3) is 5.95 Å². The molecule has 4 rings (SSSR count). The topological polar surface area (TPSA) is 88.0 Å². The van der Waals surface area contributed by atoms with Gasteiger partial charge in [0.2, 0.25) is 11.9 Å². The lowest BCUT2D eigenvalue weighted by atomic mass is 10.1. The first-order valence-corrected chi connectivity index (χ1v) is 10.9. The molecule has 1 aromatic carbocycles. The van der Waals surface area contributed by atoms with Crippen LogP contribution in [-0.2, 0) is 11.2 Å². The maximum Gasteiger partial charge on any atom is 0.238 e. The van der Waals surface area contributed by atoms with Gasteiger partial charge in [0.05, 0.1) is 6.04 Å². The van der Waals surface area contributed by atoms with Gasteiger partial charge in [-0.05, 0) is 24.1 Å². The molecule has 2 N–H and O–H groups in total. The first-order valence-electron chi connectivity index (χ1n) is 10.1. The molecule has 2 aromatic heterocycles. The van der Waals surface area contributed by atoms with Crippen molar-refractivity contribution in [1.82, 2.24) is 30.2 Å². The zero-order chi connectivity index (χ0) is 21.6. The van der Waals surface area contributed by atoms with Gasteiger partial charge in [-0.3, -0.25) is 9.36 Å². The molecule has 1 unspecified atom stereocenters. The number of nitrogens with one attached hydrogen (secondary N) is 2. The highest BCUT2D eigenvalue weighted by atomic mass is 35.5. The van der Waals surface area contributed by atoms with E-state index in [2.05, 4.69) is 30.5 Å². The molecule has 10 heteroatoms. The van der Waals surface area contributed by atoms with Crippen molar-refractivity contribution in [3.05, 3.63) is 64.8 Å². The molecular weight excluding hydrogens is 437 g/mol. The van der Waals surface area contributed by atoms with Gasteiger partial charge in [-0.25, -0.2) is 9.97 Å². The molecule has 0 bridgehead atoms. The SMILES string of the molecule is O=C(CC1CNCCN1c1cc(Cl)nc(-n2ccnc2)n1)NCCc1ccc(Cl)cc1. The summed E-state index contributed by atoms with van der Waals surface area (Å²) in [5, 5.41) is 7.42. The first-order chi connectivity index (χ1) is 15.1. The summed E-state index contributed by atoms with van der Waals surface area (Å²) in [6, 6.07) is 9.35. The number of carbonyl (C=O) groups is 1. The highest BCUT2D eigenvalue weighted by molar-refractivity contribution is 6.30. The lowest BCUT2D eigenvalue weighted by Crippen LogP contribution is -2.53. The molecular formula is C21H23Cl2N7O. The quantitative estimate of drug-likeness (QED) is 0.527. The Morgan fingerprint density at radius 3 is 2.84 bits per heavy atom. The molecule has 8 nitrogen and oxygen atoms in total. The first kappa shape index (κ1) is 21.5. The van der Waals surface area contributed by atoms with E-state index in [4.69, 9.17) is 23.2 Å². The number of anilines is 1. The second-order valence-electron chi connectivity index (χ2n) is 7.30. The Labute approximate surface area is 190 Å². The Morgan fingerprint density at radius 1 is 1.23 bits per heavy atom. The largest absolute Gasteiger partial charge is 0.356 e. The monoisotopic (exact) mass is 459 g/mol. The van der Waals surface area contributed by atoms with E-state index in [0.717, 1.165) is 25.1 Å². The average Bonchev–Trinajstić information content (AvgIpc) is 3.30. The number of amides is 1. The minimum atomic E-state index is -0.0362. The van der Waals surface area contributed by atoms with Gasteiger partial charge >= 0.3 is 0 Å². The number of rotatable bonds is 7. The van der Waals surface area contributed by atoms with Crippen molar-refractivity contribution >= 4 is 34.9 Å². The van der Waals surface area contributed by atoms with Gasteiger partial charge in [0, 0.05) is 56.1 Å². The Morgan fingerprint density at radius 2 is 2.06 bits per heavy atom. The van der Waals surface area contributed by atoms with Gasteiger partial charge in [-0.1, -0.05) is 35.3 Å². The number of imidazole rings is 1. The number of carbonyl (C=O) groups excluding carboxylic acids is 1. The maximum atomic E-state index is 12.6. The van der Waals surface area contributed by atoms with E-state index in [1.165, 1.54) is 0 Å². The van der Waals surface area contributed by atoms with Crippen LogP contribution >= 0.6 is 23.2 Å². The van der Waals surface area contributed by atoms with Gasteiger partial charge in [0.1, 0.15) is 17.3 Å². The third-order valence-corrected chi connectivity index (χ3v) is 5.57. The van der Waals surface area contributed by atoms with Crippen molar-refractivity contribution in [2.75, 3.05) is 31.1 Å². The van der Waals surface area contributed by atoms with Crippen LogP contribution in [0.1, 0.15) is 12.0 Å². The van der Waals surface area contributed by atoms with Gasteiger partial charge in [0.15, 0.2) is 0 Å². The molecule has 0 radical (unpaired) electrons. The molecule has 3 aromatic rings. The third-order valence-electron chi connectivity index (χ3n) is 5.12. The van der Waals surface area contributed by atoms with Crippen LogP contribution in [0, 0.1) is 0 Å². The van der Waals surface area contributed by atoms with Crippen LogP contribution in [0.4, 0.5) is 5.82 Å². The average molecular weight is 460 g/mol. The molecule has 1 saturated heterocycles. The Hall–Kier alpha value is -2.68. The molecule has 1 aliphatic heterocycles. The molecule has 1 fully saturated rings. The predicted molar refractivity (Wildman–Crippen MR) is 121 cm³/mol. The summed E-state index contributed by atoms with van der Waals surface area (Å²) in [5.41, 5.74) is 1.13. The Balaban J connectivity index is 1.39. The summed E-state index contributed by atoms with van der Waals surface area (Å²) in [6.45, 7) is 2.79. The number of halogens is 2. The van der Waals surface area contributed by atoms with Gasteiger partial charge in [0.25, 0.3) is 0 Å². The minimum absolute atomic E-state index is 0.00245. The van der Waals surface area contributed by atoms with Crippen molar-refractivity contribution in [3.8, 4) is 5.95 Å². The van der Waals surface area contributed by atoms with Crippen molar-refractivity contribution in [2.45, 2.75) is 18.9 Å². The standard InChI is InChI=1S/C21H23Cl2N7O/c22-16-3-1-15(2-4-16)5-6-26-20(31)11-17-13-24-8-10-30(17)19-12-18(23)27-21(28-19)29-9-7-25-14-29/h1-4,7,9,12,14,17,24H,5-6,8,10-11,13H2,(H,26,31). The predicted octanol–water partition coefficient (Wildman–Crippen LogP) is 2.50. The van der Waals surface area contributed by atoms with Crippen LogP contribution in [0.3, 0.4) is 0 Å². The lowest BCUT2D eigenvalue weighted by Gasteiger charge is -2.37. The number of hydrogen-bond acceptors (Lipinski definition) is 6. The summed E-state index contributed by atoms with van der Waals surface area (Å²) in [7, 11) is 0. The summed E-state index contributed by atoms with van der Waals surface area (Å²) in [4.78, 5) is 27.7. The Kier molecular flexibility index (Phi) is 7.01. The second-order valence-corrected chi connectivity index (χ2v) is 8.12. The molecule has 162 valence electrons. The summed E-state index contributed by atoms with van der Waals surface area (Å²) in [6.07, 6.45) is 6.16. The van der Waals surface area contributed by atoms with Gasteiger partial charge in [-0.2, -0.15) is 4.98 Å². The van der Waals surface area contributed by atoms with Crippen LogP contribution in [0.15, 0.2) is 49.1 Å². The second kappa shape index (κ2) is 10.1. The van der Waals surface area contributed by atoms with Crippen molar-refractivity contribution in [1.29, 1.82) is 0 Å². The smallest absolute Gasteiger partial charge is 0.238 e. The van der Waals surface area contributed by atoms with Crippen LogP contribution in [-0.4, -0.2) is 57.6 Å². The fourth-order valence-corrected chi connectivity index (χ4v) is 3.86. The maximum absolute atomic E-state index is 12.6. The number of piperazine rings is 1. The molecule has 31 heavy (non-hydrogen) atoms. The summed E-state index contributed by atoms with van der Waals surface area (Å²) in [5.74, 6) is 1.15. The zero-order valence-corrected chi connectivity index (χ0v) is 18.4. The fourth-order valence-electron chi connectivity index (χ4n) is 3.56. The molecule has 0 saturated carbocycles. The van der Waals surface area contributed by atoms with E-state index in [1.807, 2.05) is 24.3 Å². The molecule has 0 spiro atoms. The van der Waals surface area contributed by atoms with Crippen LogP contribution in [0.5, 0.6) is 0 Å². The van der Waals surface area contributed by atoms with E-state index >= 15 is 0 Å². The highest BCUT2D eigenvalue weighted by Gasteiger charge is 2.26. The number of benzene rings is 1. The van der Waals surface area contributed by atoms with E-state index in [9.17, 15) is 4.79 Å². The Bertz CT molecular complexity index is 1010. The van der Waals surface area contributed by atoms with Crippen LogP contribution in [0.2, 0.25) is 10.2 Å². The highest BCUT2D eigenvalue weighted by Crippen LogP contribution is 2.22. The van der Waals surface area contributed by atoms with E-state index in [1.54, 1.807) is 29.4 Å².